The number of likely N-dealkylation sites (N-methyl/N-ethyl adjacent to an activating group) is 1. The quantitative estimate of drug-likeness (QED) is 0.406. The van der Waals surface area contributed by atoms with E-state index in [1.807, 2.05) is 56.3 Å². The zero-order chi connectivity index (χ0) is 30.0. The number of rotatable bonds is 6. The Balaban J connectivity index is 1.57. The highest BCUT2D eigenvalue weighted by Crippen LogP contribution is 2.55. The zero-order valence-electron chi connectivity index (χ0n) is 24.6. The highest BCUT2D eigenvalue weighted by molar-refractivity contribution is 5.99. The molecule has 0 aliphatic carbocycles. The predicted octanol–water partition coefficient (Wildman–Crippen LogP) is 2.24. The van der Waals surface area contributed by atoms with Crippen LogP contribution < -0.4 is 0 Å². The SMILES string of the molecule is CCCCN1C/C=C\CCC(=O)N(C)[C@H](C)[C@@H](c2ccccc2)OC(=O)[C@@H]2[C@@H]3C=C[C@]4(O3)[C@H](C1=O)N(CCO)C(=O)[C@@H]24. The molecule has 1 aromatic rings. The van der Waals surface area contributed by atoms with Gasteiger partial charge in [-0.25, -0.2) is 0 Å². The molecule has 5 rings (SSSR count). The monoisotopic (exact) mass is 579 g/mol. The molecule has 1 spiro atoms. The number of β-amino-alcohol motifs (C(OH)–C–C–N with tert-alkyl or cyclic N) is 1. The van der Waals surface area contributed by atoms with Gasteiger partial charge in [-0.05, 0) is 25.3 Å². The van der Waals surface area contributed by atoms with E-state index in [4.69, 9.17) is 9.47 Å². The second-order valence-electron chi connectivity index (χ2n) is 11.6. The number of unbranched alkanes of at least 4 members (excludes halogenated alkanes) is 1. The Morgan fingerprint density at radius 2 is 1.81 bits per heavy atom. The van der Waals surface area contributed by atoms with Crippen molar-refractivity contribution in [2.24, 2.45) is 11.8 Å². The molecule has 0 radical (unpaired) electrons. The molecular formula is C32H41N3O7. The van der Waals surface area contributed by atoms with Gasteiger partial charge in [0.05, 0.1) is 24.7 Å². The Morgan fingerprint density at radius 1 is 1.05 bits per heavy atom. The molecule has 4 aliphatic rings. The number of amides is 3. The van der Waals surface area contributed by atoms with Gasteiger partial charge in [0.1, 0.15) is 23.7 Å². The third-order valence-electron chi connectivity index (χ3n) is 9.15. The number of aliphatic hydroxyl groups excluding tert-OH is 1. The van der Waals surface area contributed by atoms with Crippen molar-refractivity contribution in [3.8, 4) is 0 Å². The van der Waals surface area contributed by atoms with Gasteiger partial charge in [-0.3, -0.25) is 19.2 Å². The van der Waals surface area contributed by atoms with Crippen LogP contribution in [0, 0.1) is 11.8 Å². The first-order chi connectivity index (χ1) is 20.2. The summed E-state index contributed by atoms with van der Waals surface area (Å²) in [5.74, 6) is -3.33. The van der Waals surface area contributed by atoms with E-state index in [0.29, 0.717) is 19.5 Å². The molecule has 4 aliphatic heterocycles. The molecule has 0 saturated carbocycles. The Bertz CT molecular complexity index is 1250. The summed E-state index contributed by atoms with van der Waals surface area (Å²) < 4.78 is 12.6. The van der Waals surface area contributed by atoms with Crippen LogP contribution >= 0.6 is 0 Å². The molecule has 4 heterocycles. The molecule has 3 amide bonds. The summed E-state index contributed by atoms with van der Waals surface area (Å²) in [6.07, 6.45) is 8.18. The molecule has 7 atom stereocenters. The van der Waals surface area contributed by atoms with Crippen molar-refractivity contribution in [2.45, 2.75) is 69.4 Å². The number of likely N-dealkylation sites (tertiary alicyclic amines) is 1. The molecule has 5 bridgehead atoms. The smallest absolute Gasteiger partial charge is 0.313 e. The number of benzene rings is 1. The van der Waals surface area contributed by atoms with Crippen molar-refractivity contribution < 1.29 is 33.8 Å². The van der Waals surface area contributed by atoms with Gasteiger partial charge in [0.25, 0.3) is 0 Å². The first-order valence-corrected chi connectivity index (χ1v) is 15.0. The Kier molecular flexibility index (Phi) is 8.84. The average molecular weight is 580 g/mol. The minimum absolute atomic E-state index is 0.0504. The number of carbonyl (C=O) groups is 4. The second kappa shape index (κ2) is 12.4. The van der Waals surface area contributed by atoms with Gasteiger partial charge < -0.3 is 29.3 Å². The van der Waals surface area contributed by atoms with Crippen LogP contribution in [0.1, 0.15) is 51.2 Å². The Morgan fingerprint density at radius 3 is 2.52 bits per heavy atom. The van der Waals surface area contributed by atoms with Gasteiger partial charge >= 0.3 is 5.97 Å². The molecular weight excluding hydrogens is 538 g/mol. The lowest BCUT2D eigenvalue weighted by Gasteiger charge is -2.35. The summed E-state index contributed by atoms with van der Waals surface area (Å²) >= 11 is 0. The molecule has 0 aromatic heterocycles. The molecule has 2 saturated heterocycles. The van der Waals surface area contributed by atoms with Crippen molar-refractivity contribution in [3.05, 3.63) is 60.2 Å². The number of nitrogens with zero attached hydrogens (tertiary/aromatic N) is 3. The minimum Gasteiger partial charge on any atom is -0.455 e. The van der Waals surface area contributed by atoms with Crippen molar-refractivity contribution >= 4 is 23.7 Å². The molecule has 10 heteroatoms. The van der Waals surface area contributed by atoms with E-state index >= 15 is 0 Å². The maximum atomic E-state index is 14.2. The standard InChI is InChI=1S/C32H41N3O7/c1-4-5-17-34-18-11-7-10-14-24(37)33(3)21(2)27(22-12-8-6-9-13-22)41-31(40)25-23-15-16-32(42-23)26(25)29(38)35(19-20-36)28(32)30(34)39/h6-9,11-13,15-16,21,23,25-28,36H,4-5,10,14,17-20H2,1-3H3/b11-7-/t21-,23+,25-,26-,27+,28+,32-/m1/s1. The topological polar surface area (TPSA) is 117 Å². The molecule has 42 heavy (non-hydrogen) atoms. The first-order valence-electron chi connectivity index (χ1n) is 15.0. The molecule has 1 N–H and O–H groups in total. The van der Waals surface area contributed by atoms with E-state index in [2.05, 4.69) is 0 Å². The van der Waals surface area contributed by atoms with Gasteiger partial charge in [-0.1, -0.05) is 68.0 Å². The van der Waals surface area contributed by atoms with Crippen molar-refractivity contribution in [2.75, 3.05) is 33.3 Å². The van der Waals surface area contributed by atoms with E-state index in [9.17, 15) is 24.3 Å². The summed E-state index contributed by atoms with van der Waals surface area (Å²) in [6.45, 7) is 4.29. The van der Waals surface area contributed by atoms with E-state index in [1.54, 1.807) is 29.0 Å². The summed E-state index contributed by atoms with van der Waals surface area (Å²) in [4.78, 5) is 60.1. The summed E-state index contributed by atoms with van der Waals surface area (Å²) in [7, 11) is 1.70. The summed E-state index contributed by atoms with van der Waals surface area (Å²) in [5, 5.41) is 9.88. The fraction of sp³-hybridized carbons (Fsp3) is 0.562. The number of allylic oxidation sites excluding steroid dienone is 1. The normalized spacial score (nSPS) is 34.2. The summed E-state index contributed by atoms with van der Waals surface area (Å²) in [5.41, 5.74) is -0.607. The van der Waals surface area contributed by atoms with Crippen molar-refractivity contribution in [3.63, 3.8) is 0 Å². The van der Waals surface area contributed by atoms with Gasteiger partial charge in [0, 0.05) is 33.1 Å². The van der Waals surface area contributed by atoms with Gasteiger partial charge in [-0.15, -0.1) is 0 Å². The third kappa shape index (κ3) is 5.15. The highest BCUT2D eigenvalue weighted by atomic mass is 16.6. The van der Waals surface area contributed by atoms with Crippen LogP contribution in [0.15, 0.2) is 54.6 Å². The van der Waals surface area contributed by atoms with Crippen LogP contribution in [-0.2, 0) is 28.7 Å². The maximum Gasteiger partial charge on any atom is 0.313 e. The van der Waals surface area contributed by atoms with E-state index in [-0.39, 0.29) is 31.4 Å². The largest absolute Gasteiger partial charge is 0.455 e. The molecule has 10 nitrogen and oxygen atoms in total. The van der Waals surface area contributed by atoms with Crippen LogP contribution in [0.3, 0.4) is 0 Å². The summed E-state index contributed by atoms with van der Waals surface area (Å²) in [6, 6.07) is 7.74. The Hall–Kier alpha value is -3.50. The van der Waals surface area contributed by atoms with Crippen LogP contribution in [-0.4, -0.2) is 101 Å². The number of ether oxygens (including phenoxy) is 2. The van der Waals surface area contributed by atoms with Crippen molar-refractivity contribution in [1.82, 2.24) is 14.7 Å². The third-order valence-corrected chi connectivity index (χ3v) is 9.15. The number of cyclic esters (lactones) is 1. The first kappa shape index (κ1) is 30.0. The number of aliphatic hydroxyl groups is 1. The molecule has 226 valence electrons. The highest BCUT2D eigenvalue weighted by Gasteiger charge is 2.73. The number of hydrogen-bond donors (Lipinski definition) is 1. The van der Waals surface area contributed by atoms with E-state index in [0.717, 1.165) is 18.4 Å². The zero-order valence-corrected chi connectivity index (χ0v) is 24.6. The van der Waals surface area contributed by atoms with E-state index < -0.39 is 53.6 Å². The molecule has 2 fully saturated rings. The fourth-order valence-corrected chi connectivity index (χ4v) is 6.80. The average Bonchev–Trinajstić information content (AvgIpc) is 3.63. The Labute approximate surface area is 246 Å². The molecule has 0 unspecified atom stereocenters. The molecule has 1 aromatic carbocycles. The van der Waals surface area contributed by atoms with Gasteiger partial charge in [-0.2, -0.15) is 0 Å². The van der Waals surface area contributed by atoms with Crippen LogP contribution in [0.2, 0.25) is 0 Å². The number of esters is 1. The lowest BCUT2D eigenvalue weighted by molar-refractivity contribution is -0.164. The van der Waals surface area contributed by atoms with Gasteiger partial charge in [0.15, 0.2) is 0 Å². The van der Waals surface area contributed by atoms with Crippen LogP contribution in [0.4, 0.5) is 0 Å². The van der Waals surface area contributed by atoms with Gasteiger partial charge in [0.2, 0.25) is 17.7 Å². The maximum absolute atomic E-state index is 14.2. The number of hydrogen-bond acceptors (Lipinski definition) is 7. The lowest BCUT2D eigenvalue weighted by atomic mass is 9.74. The number of carbonyl (C=O) groups excluding carboxylic acids is 4. The van der Waals surface area contributed by atoms with Crippen LogP contribution in [0.5, 0.6) is 0 Å². The van der Waals surface area contributed by atoms with Crippen molar-refractivity contribution in [1.29, 1.82) is 0 Å². The predicted molar refractivity (Wildman–Crippen MR) is 154 cm³/mol. The second-order valence-corrected chi connectivity index (χ2v) is 11.6. The lowest BCUT2D eigenvalue weighted by Crippen LogP contribution is -2.56. The number of fused-ring (bicyclic) bond motifs is 2. The van der Waals surface area contributed by atoms with Crippen LogP contribution in [0.25, 0.3) is 0 Å². The van der Waals surface area contributed by atoms with E-state index in [1.165, 1.54) is 4.90 Å². The minimum atomic E-state index is -1.33. The fourth-order valence-electron chi connectivity index (χ4n) is 6.80.